The standard InChI is InChI=1S/C24H31FN2O4/c1-2-30-23(28)15-31-22-14-27(17-10-6-7-11-17)21-13-20(19(25)12-18(21)24(22)29)26-16-8-4-3-5-9-16/h12-14,16-17,26H,2-11,15H2,1H3. The first kappa shape index (κ1) is 21.7. The summed E-state index contributed by atoms with van der Waals surface area (Å²) in [5.74, 6) is -0.914. The van der Waals surface area contributed by atoms with Gasteiger partial charge in [-0.25, -0.2) is 9.18 Å². The Morgan fingerprint density at radius 3 is 2.55 bits per heavy atom. The molecular formula is C24H31FN2O4. The predicted octanol–water partition coefficient (Wildman–Crippen LogP) is 4.94. The number of fused-ring (bicyclic) bond motifs is 1. The summed E-state index contributed by atoms with van der Waals surface area (Å²) in [5, 5.41) is 3.64. The zero-order valence-corrected chi connectivity index (χ0v) is 18.1. The zero-order chi connectivity index (χ0) is 21.8. The van der Waals surface area contributed by atoms with E-state index in [0.29, 0.717) is 11.2 Å². The molecule has 2 fully saturated rings. The summed E-state index contributed by atoms with van der Waals surface area (Å²) in [6, 6.07) is 3.57. The molecule has 2 aliphatic rings. The first-order valence-corrected chi connectivity index (χ1v) is 11.5. The third-order valence-electron chi connectivity index (χ3n) is 6.42. The van der Waals surface area contributed by atoms with Crippen LogP contribution in [-0.4, -0.2) is 29.8 Å². The second-order valence-corrected chi connectivity index (χ2v) is 8.59. The lowest BCUT2D eigenvalue weighted by Crippen LogP contribution is -2.23. The highest BCUT2D eigenvalue weighted by Gasteiger charge is 2.23. The molecule has 1 heterocycles. The lowest BCUT2D eigenvalue weighted by molar-refractivity contribution is -0.145. The van der Waals surface area contributed by atoms with Crippen LogP contribution >= 0.6 is 0 Å². The molecule has 2 saturated carbocycles. The van der Waals surface area contributed by atoms with Crippen molar-refractivity contribution >= 4 is 22.6 Å². The highest BCUT2D eigenvalue weighted by molar-refractivity contribution is 5.84. The maximum atomic E-state index is 15.0. The number of hydrogen-bond donors (Lipinski definition) is 1. The summed E-state index contributed by atoms with van der Waals surface area (Å²) in [7, 11) is 0. The summed E-state index contributed by atoms with van der Waals surface area (Å²) in [5.41, 5.74) is 0.752. The van der Waals surface area contributed by atoms with Crippen LogP contribution in [0.15, 0.2) is 23.1 Å². The van der Waals surface area contributed by atoms with Crippen LogP contribution in [0.4, 0.5) is 10.1 Å². The largest absolute Gasteiger partial charge is 0.476 e. The number of nitrogens with one attached hydrogen (secondary N) is 1. The van der Waals surface area contributed by atoms with E-state index < -0.39 is 17.2 Å². The summed E-state index contributed by atoms with van der Waals surface area (Å²) in [4.78, 5) is 24.7. The van der Waals surface area contributed by atoms with E-state index in [4.69, 9.17) is 9.47 Å². The SMILES string of the molecule is CCOC(=O)COc1cn(C2CCCC2)c2cc(NC3CCCCC3)c(F)cc2c1=O. The van der Waals surface area contributed by atoms with Gasteiger partial charge in [-0.05, 0) is 44.7 Å². The Morgan fingerprint density at radius 1 is 1.13 bits per heavy atom. The van der Waals surface area contributed by atoms with Crippen molar-refractivity contribution in [2.75, 3.05) is 18.5 Å². The molecule has 7 heteroatoms. The van der Waals surface area contributed by atoms with E-state index in [1.54, 1.807) is 19.2 Å². The molecule has 0 saturated heterocycles. The van der Waals surface area contributed by atoms with E-state index in [1.165, 1.54) is 12.5 Å². The number of carbonyl (C=O) groups is 1. The number of hydrogen-bond acceptors (Lipinski definition) is 5. The number of aromatic nitrogens is 1. The van der Waals surface area contributed by atoms with Crippen LogP contribution in [0, 0.1) is 5.82 Å². The van der Waals surface area contributed by atoms with Crippen LogP contribution in [-0.2, 0) is 9.53 Å². The smallest absolute Gasteiger partial charge is 0.344 e. The third kappa shape index (κ3) is 4.86. The summed E-state index contributed by atoms with van der Waals surface area (Å²) in [6.45, 7) is 1.61. The van der Waals surface area contributed by atoms with Crippen LogP contribution in [0.25, 0.3) is 10.9 Å². The van der Waals surface area contributed by atoms with Gasteiger partial charge in [0.1, 0.15) is 5.82 Å². The van der Waals surface area contributed by atoms with Crippen molar-refractivity contribution in [1.29, 1.82) is 0 Å². The number of halogens is 1. The molecule has 1 aromatic carbocycles. The van der Waals surface area contributed by atoms with E-state index >= 15 is 0 Å². The topological polar surface area (TPSA) is 69.6 Å². The van der Waals surface area contributed by atoms with Crippen molar-refractivity contribution in [2.45, 2.75) is 76.8 Å². The number of ether oxygens (including phenoxy) is 2. The van der Waals surface area contributed by atoms with Crippen molar-refractivity contribution < 1.29 is 18.7 Å². The molecule has 1 N–H and O–H groups in total. The fourth-order valence-corrected chi connectivity index (χ4v) is 4.85. The van der Waals surface area contributed by atoms with Crippen LogP contribution in [0.1, 0.15) is 70.8 Å². The average Bonchev–Trinajstić information content (AvgIpc) is 3.30. The number of esters is 1. The fourth-order valence-electron chi connectivity index (χ4n) is 4.85. The zero-order valence-electron chi connectivity index (χ0n) is 18.1. The predicted molar refractivity (Wildman–Crippen MR) is 118 cm³/mol. The number of benzene rings is 1. The Kier molecular flexibility index (Phi) is 6.78. The molecule has 0 atom stereocenters. The average molecular weight is 431 g/mol. The van der Waals surface area contributed by atoms with Crippen molar-refractivity contribution in [1.82, 2.24) is 4.57 Å². The van der Waals surface area contributed by atoms with Gasteiger partial charge in [-0.1, -0.05) is 32.1 Å². The highest BCUT2D eigenvalue weighted by atomic mass is 19.1. The van der Waals surface area contributed by atoms with E-state index in [1.807, 2.05) is 4.57 Å². The molecule has 1 aromatic heterocycles. The van der Waals surface area contributed by atoms with Crippen LogP contribution < -0.4 is 15.5 Å². The maximum absolute atomic E-state index is 15.0. The highest BCUT2D eigenvalue weighted by Crippen LogP contribution is 2.34. The van der Waals surface area contributed by atoms with Crippen molar-refractivity contribution in [3.05, 3.63) is 34.4 Å². The normalized spacial score (nSPS) is 17.7. The van der Waals surface area contributed by atoms with Gasteiger partial charge in [0.05, 0.1) is 29.4 Å². The van der Waals surface area contributed by atoms with E-state index in [-0.39, 0.29) is 36.4 Å². The molecule has 31 heavy (non-hydrogen) atoms. The summed E-state index contributed by atoms with van der Waals surface area (Å²) in [6.07, 6.45) is 11.5. The Bertz CT molecular complexity index is 991. The third-order valence-corrected chi connectivity index (χ3v) is 6.42. The van der Waals surface area contributed by atoms with Gasteiger partial charge < -0.3 is 19.4 Å². The molecule has 0 radical (unpaired) electrons. The van der Waals surface area contributed by atoms with Crippen LogP contribution in [0.5, 0.6) is 5.75 Å². The molecule has 0 bridgehead atoms. The van der Waals surface area contributed by atoms with Crippen LogP contribution in [0.3, 0.4) is 0 Å². The van der Waals surface area contributed by atoms with Gasteiger partial charge in [0.2, 0.25) is 5.43 Å². The molecule has 4 rings (SSSR count). The maximum Gasteiger partial charge on any atom is 0.344 e. The molecule has 168 valence electrons. The van der Waals surface area contributed by atoms with Gasteiger partial charge in [-0.15, -0.1) is 0 Å². The van der Waals surface area contributed by atoms with Crippen molar-refractivity contribution in [2.24, 2.45) is 0 Å². The van der Waals surface area contributed by atoms with E-state index in [2.05, 4.69) is 5.32 Å². The number of anilines is 1. The second-order valence-electron chi connectivity index (χ2n) is 8.59. The number of carbonyl (C=O) groups excluding carboxylic acids is 1. The van der Waals surface area contributed by atoms with Crippen LogP contribution in [0.2, 0.25) is 0 Å². The van der Waals surface area contributed by atoms with Gasteiger partial charge in [-0.3, -0.25) is 4.79 Å². The Balaban J connectivity index is 1.72. The summed E-state index contributed by atoms with van der Waals surface area (Å²) < 4.78 is 27.4. The lowest BCUT2D eigenvalue weighted by atomic mass is 9.95. The first-order valence-electron chi connectivity index (χ1n) is 11.5. The molecule has 2 aliphatic carbocycles. The number of nitrogens with zero attached hydrogens (tertiary/aromatic N) is 1. The quantitative estimate of drug-likeness (QED) is 0.630. The molecule has 0 aliphatic heterocycles. The molecule has 6 nitrogen and oxygen atoms in total. The van der Waals surface area contributed by atoms with Gasteiger partial charge in [0.25, 0.3) is 0 Å². The molecule has 2 aromatic rings. The molecular weight excluding hydrogens is 399 g/mol. The van der Waals surface area contributed by atoms with E-state index in [0.717, 1.165) is 51.4 Å². The Hall–Kier alpha value is -2.57. The Labute approximate surface area is 181 Å². The number of rotatable bonds is 7. The van der Waals surface area contributed by atoms with Gasteiger partial charge in [0, 0.05) is 12.1 Å². The van der Waals surface area contributed by atoms with Gasteiger partial charge in [-0.2, -0.15) is 0 Å². The first-order chi connectivity index (χ1) is 15.1. The monoisotopic (exact) mass is 430 g/mol. The lowest BCUT2D eigenvalue weighted by Gasteiger charge is -2.25. The molecule has 0 amide bonds. The van der Waals surface area contributed by atoms with Crippen molar-refractivity contribution in [3.8, 4) is 5.75 Å². The molecule has 0 spiro atoms. The molecule has 0 unspecified atom stereocenters. The minimum Gasteiger partial charge on any atom is -0.476 e. The minimum absolute atomic E-state index is 0.0554. The van der Waals surface area contributed by atoms with Crippen molar-refractivity contribution in [3.63, 3.8) is 0 Å². The second kappa shape index (κ2) is 9.71. The van der Waals surface area contributed by atoms with Gasteiger partial charge in [0.15, 0.2) is 12.4 Å². The summed E-state index contributed by atoms with van der Waals surface area (Å²) >= 11 is 0. The fraction of sp³-hybridized carbons (Fsp3) is 0.583. The number of pyridine rings is 1. The minimum atomic E-state index is -0.535. The Morgan fingerprint density at radius 2 is 1.84 bits per heavy atom. The van der Waals surface area contributed by atoms with Gasteiger partial charge >= 0.3 is 5.97 Å². The van der Waals surface area contributed by atoms with E-state index in [9.17, 15) is 14.0 Å².